The van der Waals surface area contributed by atoms with Gasteiger partial charge in [-0.1, -0.05) is 13.8 Å². The van der Waals surface area contributed by atoms with Crippen molar-refractivity contribution >= 4 is 11.8 Å². The molecule has 1 saturated heterocycles. The summed E-state index contributed by atoms with van der Waals surface area (Å²) in [6.45, 7) is 8.44. The van der Waals surface area contributed by atoms with Crippen LogP contribution in [0.4, 0.5) is 0 Å². The Morgan fingerprint density at radius 1 is 1.31 bits per heavy atom. The molecule has 1 rings (SSSR count). The summed E-state index contributed by atoms with van der Waals surface area (Å²) in [6, 6.07) is 1.49. The molecule has 3 heteroatoms. The smallest absolute Gasteiger partial charge is 0.0158 e. The average Bonchev–Trinajstić information content (AvgIpc) is 2.31. The van der Waals surface area contributed by atoms with Gasteiger partial charge in [0, 0.05) is 17.8 Å². The fourth-order valence-corrected chi connectivity index (χ4v) is 3.19. The van der Waals surface area contributed by atoms with Gasteiger partial charge in [0.1, 0.15) is 0 Å². The summed E-state index contributed by atoms with van der Waals surface area (Å²) in [5.41, 5.74) is 0. The van der Waals surface area contributed by atoms with Crippen LogP contribution in [0.15, 0.2) is 0 Å². The number of rotatable bonds is 7. The van der Waals surface area contributed by atoms with E-state index in [-0.39, 0.29) is 0 Å². The lowest BCUT2D eigenvalue weighted by Gasteiger charge is -2.34. The third-order valence-corrected chi connectivity index (χ3v) is 4.20. The van der Waals surface area contributed by atoms with Crippen LogP contribution in [0.3, 0.4) is 0 Å². The van der Waals surface area contributed by atoms with Crippen LogP contribution in [-0.2, 0) is 0 Å². The van der Waals surface area contributed by atoms with Crippen molar-refractivity contribution < 1.29 is 0 Å². The van der Waals surface area contributed by atoms with E-state index in [9.17, 15) is 0 Å². The molecule has 1 atom stereocenters. The third kappa shape index (κ3) is 5.07. The number of nitrogens with one attached hydrogen (secondary N) is 1. The van der Waals surface area contributed by atoms with E-state index in [1.54, 1.807) is 0 Å². The van der Waals surface area contributed by atoms with Crippen molar-refractivity contribution in [1.82, 2.24) is 10.2 Å². The molecule has 0 saturated carbocycles. The second-order valence-corrected chi connectivity index (χ2v) is 5.75. The first-order valence-corrected chi connectivity index (χ1v) is 8.16. The summed E-state index contributed by atoms with van der Waals surface area (Å²) in [5.74, 6) is 1.26. The molecule has 0 amide bonds. The normalized spacial score (nSPS) is 21.2. The summed E-state index contributed by atoms with van der Waals surface area (Å²) in [5, 5.41) is 3.82. The minimum absolute atomic E-state index is 0.720. The number of nitrogens with zero attached hydrogens (tertiary/aromatic N) is 1. The first-order valence-electron chi connectivity index (χ1n) is 6.77. The summed E-state index contributed by atoms with van der Waals surface area (Å²) >= 11 is 1.96. The van der Waals surface area contributed by atoms with Crippen LogP contribution in [0, 0.1) is 0 Å². The Balaban J connectivity index is 2.20. The number of piperidine rings is 1. The molecule has 1 heterocycles. The molecule has 1 unspecified atom stereocenters. The van der Waals surface area contributed by atoms with E-state index < -0.39 is 0 Å². The Hall–Kier alpha value is 0.270. The van der Waals surface area contributed by atoms with Crippen LogP contribution in [0.5, 0.6) is 0 Å². The van der Waals surface area contributed by atoms with Crippen LogP contribution in [-0.4, -0.2) is 48.6 Å². The van der Waals surface area contributed by atoms with Gasteiger partial charge in [-0.05, 0) is 51.6 Å². The molecule has 96 valence electrons. The van der Waals surface area contributed by atoms with Crippen LogP contribution in [0.25, 0.3) is 0 Å². The zero-order valence-corrected chi connectivity index (χ0v) is 12.0. The van der Waals surface area contributed by atoms with Gasteiger partial charge in [-0.15, -0.1) is 0 Å². The zero-order chi connectivity index (χ0) is 11.8. The standard InChI is InChI=1S/C13H28N2S/c1-4-8-15-9-6-13(7-10-15)14-12(5-2)11-16-3/h12-14H,4-11H2,1-3H3. The minimum Gasteiger partial charge on any atom is -0.310 e. The van der Waals surface area contributed by atoms with Crippen LogP contribution in [0.1, 0.15) is 39.5 Å². The molecule has 0 aromatic carbocycles. The maximum atomic E-state index is 3.82. The Kier molecular flexibility index (Phi) is 7.50. The highest BCUT2D eigenvalue weighted by Crippen LogP contribution is 2.13. The lowest BCUT2D eigenvalue weighted by molar-refractivity contribution is 0.192. The second kappa shape index (κ2) is 8.37. The molecule has 0 aliphatic carbocycles. The quantitative estimate of drug-likeness (QED) is 0.741. The van der Waals surface area contributed by atoms with Crippen molar-refractivity contribution in [2.24, 2.45) is 0 Å². The van der Waals surface area contributed by atoms with Crippen molar-refractivity contribution in [3.63, 3.8) is 0 Å². The second-order valence-electron chi connectivity index (χ2n) is 4.84. The lowest BCUT2D eigenvalue weighted by atomic mass is 10.0. The highest BCUT2D eigenvalue weighted by atomic mass is 32.2. The average molecular weight is 244 g/mol. The fourth-order valence-electron chi connectivity index (χ4n) is 2.46. The van der Waals surface area contributed by atoms with Crippen molar-refractivity contribution in [1.29, 1.82) is 0 Å². The first kappa shape index (κ1) is 14.3. The van der Waals surface area contributed by atoms with Gasteiger partial charge in [0.05, 0.1) is 0 Å². The molecule has 0 radical (unpaired) electrons. The van der Waals surface area contributed by atoms with Crippen molar-refractivity contribution in [3.8, 4) is 0 Å². The number of likely N-dealkylation sites (tertiary alicyclic amines) is 1. The van der Waals surface area contributed by atoms with Gasteiger partial charge in [0.15, 0.2) is 0 Å². The van der Waals surface area contributed by atoms with E-state index in [2.05, 4.69) is 30.3 Å². The Labute approximate surface area is 106 Å². The van der Waals surface area contributed by atoms with E-state index in [0.717, 1.165) is 12.1 Å². The Bertz CT molecular complexity index is 167. The molecule has 16 heavy (non-hydrogen) atoms. The van der Waals surface area contributed by atoms with Crippen LogP contribution < -0.4 is 5.32 Å². The fraction of sp³-hybridized carbons (Fsp3) is 1.00. The molecule has 0 spiro atoms. The molecule has 1 aliphatic heterocycles. The Morgan fingerprint density at radius 2 is 2.00 bits per heavy atom. The molecule has 1 aliphatic rings. The summed E-state index contributed by atoms with van der Waals surface area (Å²) in [4.78, 5) is 2.60. The van der Waals surface area contributed by atoms with Gasteiger partial charge < -0.3 is 10.2 Å². The van der Waals surface area contributed by atoms with E-state index in [1.165, 1.54) is 51.1 Å². The highest BCUT2D eigenvalue weighted by molar-refractivity contribution is 7.98. The van der Waals surface area contributed by atoms with Gasteiger partial charge in [0.25, 0.3) is 0 Å². The maximum absolute atomic E-state index is 3.82. The first-order chi connectivity index (χ1) is 7.80. The number of thioether (sulfide) groups is 1. The molecule has 2 nitrogen and oxygen atoms in total. The number of hydrogen-bond donors (Lipinski definition) is 1. The zero-order valence-electron chi connectivity index (χ0n) is 11.2. The summed E-state index contributed by atoms with van der Waals surface area (Å²) < 4.78 is 0. The van der Waals surface area contributed by atoms with Gasteiger partial charge in [-0.25, -0.2) is 0 Å². The topological polar surface area (TPSA) is 15.3 Å². The van der Waals surface area contributed by atoms with Crippen molar-refractivity contribution in [3.05, 3.63) is 0 Å². The monoisotopic (exact) mass is 244 g/mol. The van der Waals surface area contributed by atoms with Gasteiger partial charge >= 0.3 is 0 Å². The summed E-state index contributed by atoms with van der Waals surface area (Å²) in [7, 11) is 0. The minimum atomic E-state index is 0.720. The van der Waals surface area contributed by atoms with Crippen molar-refractivity contribution in [2.45, 2.75) is 51.6 Å². The molecular formula is C13H28N2S. The predicted octanol–water partition coefficient (Wildman–Crippen LogP) is 2.59. The van der Waals surface area contributed by atoms with Crippen molar-refractivity contribution in [2.75, 3.05) is 31.6 Å². The van der Waals surface area contributed by atoms with E-state index in [0.29, 0.717) is 0 Å². The van der Waals surface area contributed by atoms with Gasteiger partial charge in [-0.3, -0.25) is 0 Å². The largest absolute Gasteiger partial charge is 0.310 e. The number of hydrogen-bond acceptors (Lipinski definition) is 3. The summed E-state index contributed by atoms with van der Waals surface area (Å²) in [6.07, 6.45) is 7.43. The molecule has 1 N–H and O–H groups in total. The van der Waals surface area contributed by atoms with E-state index in [4.69, 9.17) is 0 Å². The molecular weight excluding hydrogens is 216 g/mol. The van der Waals surface area contributed by atoms with Crippen LogP contribution >= 0.6 is 11.8 Å². The van der Waals surface area contributed by atoms with E-state index >= 15 is 0 Å². The molecule has 0 aromatic rings. The SMILES string of the molecule is CCCN1CCC(NC(CC)CSC)CC1. The Morgan fingerprint density at radius 3 is 2.50 bits per heavy atom. The van der Waals surface area contributed by atoms with Crippen LogP contribution in [0.2, 0.25) is 0 Å². The lowest BCUT2D eigenvalue weighted by Crippen LogP contribution is -2.46. The van der Waals surface area contributed by atoms with E-state index in [1.807, 2.05) is 11.8 Å². The van der Waals surface area contributed by atoms with Gasteiger partial charge in [-0.2, -0.15) is 11.8 Å². The molecule has 1 fully saturated rings. The maximum Gasteiger partial charge on any atom is 0.0158 e. The third-order valence-electron chi connectivity index (χ3n) is 3.46. The predicted molar refractivity (Wildman–Crippen MR) is 75.3 cm³/mol. The molecule has 0 aromatic heterocycles. The molecule has 0 bridgehead atoms. The highest BCUT2D eigenvalue weighted by Gasteiger charge is 2.20. The van der Waals surface area contributed by atoms with Gasteiger partial charge in [0.2, 0.25) is 0 Å².